The summed E-state index contributed by atoms with van der Waals surface area (Å²) in [4.78, 5) is -0.115. The SMILES string of the molecule is CN(Cc1ccccc1)S(=O)(=O)c1ccc(S(N)(=O)=O)cc1. The van der Waals surface area contributed by atoms with E-state index in [2.05, 4.69) is 0 Å². The number of hydrogen-bond donors (Lipinski definition) is 1. The summed E-state index contributed by atoms with van der Waals surface area (Å²) in [5.74, 6) is 0. The molecule has 0 aromatic heterocycles. The summed E-state index contributed by atoms with van der Waals surface area (Å²) in [6.45, 7) is 0.222. The molecular formula is C14H16N2O4S2. The van der Waals surface area contributed by atoms with Gasteiger partial charge in [-0.3, -0.25) is 0 Å². The van der Waals surface area contributed by atoms with E-state index in [-0.39, 0.29) is 16.3 Å². The number of hydrogen-bond acceptors (Lipinski definition) is 4. The molecule has 0 saturated heterocycles. The van der Waals surface area contributed by atoms with Gasteiger partial charge in [-0.25, -0.2) is 22.0 Å². The highest BCUT2D eigenvalue weighted by molar-refractivity contribution is 7.89. The van der Waals surface area contributed by atoms with Gasteiger partial charge in [0.05, 0.1) is 9.79 Å². The fourth-order valence-electron chi connectivity index (χ4n) is 1.91. The Hall–Kier alpha value is -1.74. The molecule has 6 nitrogen and oxygen atoms in total. The zero-order chi connectivity index (χ0) is 16.4. The third-order valence-electron chi connectivity index (χ3n) is 3.11. The van der Waals surface area contributed by atoms with E-state index in [1.165, 1.54) is 35.6 Å². The number of benzene rings is 2. The molecule has 2 rings (SSSR count). The molecule has 8 heteroatoms. The third kappa shape index (κ3) is 3.72. The molecule has 0 spiro atoms. The second-order valence-electron chi connectivity index (χ2n) is 4.76. The molecule has 2 aromatic rings. The second kappa shape index (κ2) is 6.17. The van der Waals surface area contributed by atoms with Gasteiger partial charge < -0.3 is 0 Å². The fraction of sp³-hybridized carbons (Fsp3) is 0.143. The van der Waals surface area contributed by atoms with Crippen LogP contribution in [0.25, 0.3) is 0 Å². The number of primary sulfonamides is 1. The quantitative estimate of drug-likeness (QED) is 0.883. The van der Waals surface area contributed by atoms with Gasteiger partial charge >= 0.3 is 0 Å². The van der Waals surface area contributed by atoms with Gasteiger partial charge in [-0.15, -0.1) is 0 Å². The van der Waals surface area contributed by atoms with Gasteiger partial charge in [0.1, 0.15) is 0 Å². The van der Waals surface area contributed by atoms with Crippen LogP contribution >= 0.6 is 0 Å². The number of sulfonamides is 2. The van der Waals surface area contributed by atoms with Crippen LogP contribution in [0.1, 0.15) is 5.56 Å². The van der Waals surface area contributed by atoms with Crippen molar-refractivity contribution in [2.24, 2.45) is 5.14 Å². The van der Waals surface area contributed by atoms with Crippen LogP contribution in [-0.4, -0.2) is 28.2 Å². The molecule has 0 amide bonds. The van der Waals surface area contributed by atoms with Crippen molar-refractivity contribution in [3.8, 4) is 0 Å². The Balaban J connectivity index is 2.26. The monoisotopic (exact) mass is 340 g/mol. The molecule has 118 valence electrons. The minimum Gasteiger partial charge on any atom is -0.225 e. The molecule has 0 aliphatic heterocycles. The van der Waals surface area contributed by atoms with Crippen LogP contribution in [0.4, 0.5) is 0 Å². The lowest BCUT2D eigenvalue weighted by molar-refractivity contribution is 0.466. The summed E-state index contributed by atoms with van der Waals surface area (Å²) in [6, 6.07) is 14.0. The van der Waals surface area contributed by atoms with E-state index in [1.54, 1.807) is 0 Å². The lowest BCUT2D eigenvalue weighted by Gasteiger charge is -2.17. The van der Waals surface area contributed by atoms with Crippen LogP contribution in [-0.2, 0) is 26.6 Å². The average Bonchev–Trinajstić information content (AvgIpc) is 2.47. The van der Waals surface area contributed by atoms with E-state index < -0.39 is 20.0 Å². The largest absolute Gasteiger partial charge is 0.243 e. The van der Waals surface area contributed by atoms with Gasteiger partial charge in [0, 0.05) is 13.6 Å². The van der Waals surface area contributed by atoms with Gasteiger partial charge in [-0.2, -0.15) is 4.31 Å². The normalized spacial score (nSPS) is 12.5. The maximum absolute atomic E-state index is 12.4. The minimum atomic E-state index is -3.84. The zero-order valence-corrected chi connectivity index (χ0v) is 13.5. The summed E-state index contributed by atoms with van der Waals surface area (Å²) in [6.07, 6.45) is 0. The molecular weight excluding hydrogens is 324 g/mol. The summed E-state index contributed by atoms with van der Waals surface area (Å²) >= 11 is 0. The van der Waals surface area contributed by atoms with E-state index in [0.29, 0.717) is 0 Å². The first-order valence-electron chi connectivity index (χ1n) is 6.34. The average molecular weight is 340 g/mol. The van der Waals surface area contributed by atoms with Crippen molar-refractivity contribution in [1.29, 1.82) is 0 Å². The molecule has 0 bridgehead atoms. The highest BCUT2D eigenvalue weighted by Gasteiger charge is 2.21. The maximum Gasteiger partial charge on any atom is 0.243 e. The maximum atomic E-state index is 12.4. The van der Waals surface area contributed by atoms with Crippen molar-refractivity contribution in [3.63, 3.8) is 0 Å². The minimum absolute atomic E-state index is 0.0123. The molecule has 0 radical (unpaired) electrons. The number of nitrogens with two attached hydrogens (primary N) is 1. The van der Waals surface area contributed by atoms with E-state index >= 15 is 0 Å². The Bertz CT molecular complexity index is 845. The predicted octanol–water partition coefficient (Wildman–Crippen LogP) is 1.15. The van der Waals surface area contributed by atoms with E-state index in [4.69, 9.17) is 5.14 Å². The van der Waals surface area contributed by atoms with Gasteiger partial charge in [0.15, 0.2) is 0 Å². The predicted molar refractivity (Wildman–Crippen MR) is 82.9 cm³/mol. The molecule has 0 unspecified atom stereocenters. The van der Waals surface area contributed by atoms with Gasteiger partial charge in [0.2, 0.25) is 20.0 Å². The van der Waals surface area contributed by atoms with Crippen LogP contribution in [0.15, 0.2) is 64.4 Å². The van der Waals surface area contributed by atoms with Gasteiger partial charge in [-0.1, -0.05) is 30.3 Å². The van der Waals surface area contributed by atoms with Crippen LogP contribution in [0.3, 0.4) is 0 Å². The Labute approximate surface area is 130 Å². The Morgan fingerprint density at radius 1 is 0.864 bits per heavy atom. The summed E-state index contributed by atoms with van der Waals surface area (Å²) < 4.78 is 48.5. The van der Waals surface area contributed by atoms with E-state index in [9.17, 15) is 16.8 Å². The molecule has 0 atom stereocenters. The van der Waals surface area contributed by atoms with Crippen LogP contribution in [0, 0.1) is 0 Å². The van der Waals surface area contributed by atoms with Crippen molar-refractivity contribution in [1.82, 2.24) is 4.31 Å². The first-order chi connectivity index (χ1) is 10.2. The first-order valence-corrected chi connectivity index (χ1v) is 9.33. The summed E-state index contributed by atoms with van der Waals surface area (Å²) in [5, 5.41) is 4.99. The van der Waals surface area contributed by atoms with Crippen molar-refractivity contribution in [2.75, 3.05) is 7.05 Å². The summed E-state index contributed by atoms with van der Waals surface area (Å²) in [7, 11) is -6.08. The molecule has 2 aromatic carbocycles. The van der Waals surface area contributed by atoms with Crippen LogP contribution in [0.5, 0.6) is 0 Å². The van der Waals surface area contributed by atoms with Crippen molar-refractivity contribution in [3.05, 3.63) is 60.2 Å². The lowest BCUT2D eigenvalue weighted by Crippen LogP contribution is -2.26. The van der Waals surface area contributed by atoms with Crippen LogP contribution < -0.4 is 5.14 Å². The molecule has 0 aliphatic carbocycles. The lowest BCUT2D eigenvalue weighted by atomic mass is 10.2. The molecule has 22 heavy (non-hydrogen) atoms. The standard InChI is InChI=1S/C14H16N2O4S2/c1-16(11-12-5-3-2-4-6-12)22(19,20)14-9-7-13(8-10-14)21(15,17)18/h2-10H,11H2,1H3,(H2,15,17,18). The zero-order valence-electron chi connectivity index (χ0n) is 11.9. The molecule has 0 heterocycles. The Morgan fingerprint density at radius 3 is 1.86 bits per heavy atom. The first kappa shape index (κ1) is 16.6. The van der Waals surface area contributed by atoms with Crippen molar-refractivity contribution < 1.29 is 16.8 Å². The third-order valence-corrected chi connectivity index (χ3v) is 5.86. The highest BCUT2D eigenvalue weighted by atomic mass is 32.2. The highest BCUT2D eigenvalue weighted by Crippen LogP contribution is 2.18. The topological polar surface area (TPSA) is 97.5 Å². The Kier molecular flexibility index (Phi) is 4.66. The van der Waals surface area contributed by atoms with E-state index in [0.717, 1.165) is 5.56 Å². The van der Waals surface area contributed by atoms with Crippen molar-refractivity contribution >= 4 is 20.0 Å². The molecule has 2 N–H and O–H groups in total. The van der Waals surface area contributed by atoms with Crippen LogP contribution in [0.2, 0.25) is 0 Å². The van der Waals surface area contributed by atoms with Crippen molar-refractivity contribution in [2.45, 2.75) is 16.3 Å². The Morgan fingerprint density at radius 2 is 1.36 bits per heavy atom. The smallest absolute Gasteiger partial charge is 0.225 e. The molecule has 0 saturated carbocycles. The summed E-state index contributed by atoms with van der Waals surface area (Å²) in [5.41, 5.74) is 0.856. The second-order valence-corrected chi connectivity index (χ2v) is 8.37. The molecule has 0 aliphatic rings. The van der Waals surface area contributed by atoms with Gasteiger partial charge in [0.25, 0.3) is 0 Å². The number of rotatable bonds is 5. The van der Waals surface area contributed by atoms with Gasteiger partial charge in [-0.05, 0) is 29.8 Å². The van der Waals surface area contributed by atoms with E-state index in [1.807, 2.05) is 30.3 Å². The number of nitrogens with zero attached hydrogens (tertiary/aromatic N) is 1. The molecule has 0 fully saturated rings. The fourth-order valence-corrected chi connectivity index (χ4v) is 3.58.